The van der Waals surface area contributed by atoms with E-state index in [0.717, 1.165) is 18.7 Å². The van der Waals surface area contributed by atoms with Crippen LogP contribution in [0.4, 0.5) is 0 Å². The maximum atomic E-state index is 11.4. The molecular weight excluding hydrogens is 222 g/mol. The Morgan fingerprint density at radius 1 is 1.50 bits per heavy atom. The fourth-order valence-corrected chi connectivity index (χ4v) is 2.05. The lowest BCUT2D eigenvalue weighted by atomic mass is 10.3. The number of carbonyl (C=O) groups is 1. The molecular formula is C11H17N3OS. The molecule has 0 saturated heterocycles. The van der Waals surface area contributed by atoms with Crippen molar-refractivity contribution in [2.45, 2.75) is 31.7 Å². The Hall–Kier alpha value is -0.940. The Morgan fingerprint density at radius 3 is 3.06 bits per heavy atom. The third kappa shape index (κ3) is 4.28. The van der Waals surface area contributed by atoms with Crippen LogP contribution in [-0.2, 0) is 11.2 Å². The molecule has 0 atom stereocenters. The molecule has 1 fully saturated rings. The monoisotopic (exact) mass is 239 g/mol. The van der Waals surface area contributed by atoms with Crippen molar-refractivity contribution in [2.24, 2.45) is 0 Å². The number of hydrogen-bond donors (Lipinski definition) is 2. The van der Waals surface area contributed by atoms with Gasteiger partial charge in [0, 0.05) is 37.4 Å². The van der Waals surface area contributed by atoms with Crippen LogP contribution < -0.4 is 10.6 Å². The highest BCUT2D eigenvalue weighted by Crippen LogP contribution is 2.18. The molecule has 5 heteroatoms. The zero-order valence-corrected chi connectivity index (χ0v) is 10.1. The summed E-state index contributed by atoms with van der Waals surface area (Å²) in [7, 11) is 0. The normalized spacial score (nSPS) is 15.0. The predicted octanol–water partition coefficient (Wildman–Crippen LogP) is 0.944. The van der Waals surface area contributed by atoms with Crippen LogP contribution in [0.25, 0.3) is 0 Å². The molecule has 0 bridgehead atoms. The maximum Gasteiger partial charge on any atom is 0.221 e. The number of aromatic nitrogens is 1. The van der Waals surface area contributed by atoms with E-state index in [4.69, 9.17) is 0 Å². The van der Waals surface area contributed by atoms with Gasteiger partial charge >= 0.3 is 0 Å². The van der Waals surface area contributed by atoms with Crippen molar-refractivity contribution in [3.05, 3.63) is 16.6 Å². The van der Waals surface area contributed by atoms with Crippen LogP contribution in [0, 0.1) is 0 Å². The summed E-state index contributed by atoms with van der Waals surface area (Å²) in [5.41, 5.74) is 2.87. The summed E-state index contributed by atoms with van der Waals surface area (Å²) in [4.78, 5) is 15.6. The molecule has 0 aromatic carbocycles. The van der Waals surface area contributed by atoms with Crippen molar-refractivity contribution in [2.75, 3.05) is 13.1 Å². The Morgan fingerprint density at radius 2 is 2.38 bits per heavy atom. The van der Waals surface area contributed by atoms with Crippen LogP contribution in [-0.4, -0.2) is 30.0 Å². The Kier molecular flexibility index (Phi) is 4.30. The summed E-state index contributed by atoms with van der Waals surface area (Å²) in [5, 5.41) is 8.24. The van der Waals surface area contributed by atoms with E-state index < -0.39 is 0 Å². The lowest BCUT2D eigenvalue weighted by Crippen LogP contribution is -2.29. The molecule has 1 heterocycles. The van der Waals surface area contributed by atoms with Gasteiger partial charge in [0.15, 0.2) is 0 Å². The van der Waals surface area contributed by atoms with E-state index in [0.29, 0.717) is 19.0 Å². The first-order valence-electron chi connectivity index (χ1n) is 5.72. The highest BCUT2D eigenvalue weighted by atomic mass is 32.1. The molecule has 4 nitrogen and oxygen atoms in total. The van der Waals surface area contributed by atoms with Crippen molar-refractivity contribution in [3.63, 3.8) is 0 Å². The van der Waals surface area contributed by atoms with E-state index in [9.17, 15) is 4.79 Å². The molecule has 0 radical (unpaired) electrons. The molecule has 16 heavy (non-hydrogen) atoms. The second kappa shape index (κ2) is 5.96. The number of rotatable bonds is 7. The summed E-state index contributed by atoms with van der Waals surface area (Å²) in [6, 6.07) is 0.683. The van der Waals surface area contributed by atoms with E-state index in [1.807, 2.05) is 10.9 Å². The van der Waals surface area contributed by atoms with Crippen molar-refractivity contribution < 1.29 is 4.79 Å². The minimum Gasteiger partial charge on any atom is -0.356 e. The van der Waals surface area contributed by atoms with Gasteiger partial charge in [0.05, 0.1) is 11.2 Å². The molecule has 1 amide bonds. The van der Waals surface area contributed by atoms with Crippen LogP contribution in [0.3, 0.4) is 0 Å². The number of carbonyl (C=O) groups excluding carboxylic acids is 1. The van der Waals surface area contributed by atoms with Gasteiger partial charge in [-0.1, -0.05) is 0 Å². The molecule has 1 aromatic heterocycles. The molecule has 2 N–H and O–H groups in total. The Bertz CT molecular complexity index is 322. The molecule has 88 valence electrons. The summed E-state index contributed by atoms with van der Waals surface area (Å²) >= 11 is 1.59. The van der Waals surface area contributed by atoms with Gasteiger partial charge in [0.2, 0.25) is 5.91 Å². The topological polar surface area (TPSA) is 54.0 Å². The quantitative estimate of drug-likeness (QED) is 0.744. The second-order valence-corrected chi connectivity index (χ2v) is 4.78. The molecule has 0 aliphatic heterocycles. The minimum absolute atomic E-state index is 0.128. The Labute approximate surface area is 99.5 Å². The number of nitrogens with zero attached hydrogens (tertiary/aromatic N) is 1. The number of thiazole rings is 1. The first-order chi connectivity index (χ1) is 7.84. The summed E-state index contributed by atoms with van der Waals surface area (Å²) in [6.07, 6.45) is 3.94. The average Bonchev–Trinajstić information content (AvgIpc) is 2.94. The molecule has 1 aromatic rings. The first kappa shape index (κ1) is 11.5. The smallest absolute Gasteiger partial charge is 0.221 e. The average molecular weight is 239 g/mol. The predicted molar refractivity (Wildman–Crippen MR) is 64.5 cm³/mol. The van der Waals surface area contributed by atoms with Crippen molar-refractivity contribution in [1.29, 1.82) is 0 Å². The van der Waals surface area contributed by atoms with Crippen molar-refractivity contribution in [3.8, 4) is 0 Å². The van der Waals surface area contributed by atoms with E-state index in [2.05, 4.69) is 15.6 Å². The van der Waals surface area contributed by atoms with E-state index in [-0.39, 0.29) is 5.91 Å². The van der Waals surface area contributed by atoms with Gasteiger partial charge in [0.1, 0.15) is 0 Å². The van der Waals surface area contributed by atoms with E-state index >= 15 is 0 Å². The van der Waals surface area contributed by atoms with Crippen molar-refractivity contribution >= 4 is 17.2 Å². The molecule has 1 aliphatic carbocycles. The van der Waals surface area contributed by atoms with Gasteiger partial charge < -0.3 is 10.6 Å². The fourth-order valence-electron chi connectivity index (χ4n) is 1.46. The SMILES string of the molecule is O=C(CCNC1CC1)NCCc1cscn1. The lowest BCUT2D eigenvalue weighted by Gasteiger charge is -2.04. The third-order valence-electron chi connectivity index (χ3n) is 2.55. The lowest BCUT2D eigenvalue weighted by molar-refractivity contribution is -0.120. The molecule has 0 spiro atoms. The standard InChI is InChI=1S/C11H17N3OS/c15-11(4-6-12-9-1-2-9)13-5-3-10-7-16-8-14-10/h7-9,12H,1-6H2,(H,13,15). The van der Waals surface area contributed by atoms with Gasteiger partial charge in [0.25, 0.3) is 0 Å². The number of nitrogens with one attached hydrogen (secondary N) is 2. The van der Waals surface area contributed by atoms with Crippen LogP contribution >= 0.6 is 11.3 Å². The minimum atomic E-state index is 0.128. The summed E-state index contributed by atoms with van der Waals surface area (Å²) in [6.45, 7) is 1.49. The molecule has 1 saturated carbocycles. The van der Waals surface area contributed by atoms with Crippen molar-refractivity contribution in [1.82, 2.24) is 15.6 Å². The third-order valence-corrected chi connectivity index (χ3v) is 3.18. The highest BCUT2D eigenvalue weighted by Gasteiger charge is 2.19. The van der Waals surface area contributed by atoms with Gasteiger partial charge in [-0.2, -0.15) is 0 Å². The zero-order chi connectivity index (χ0) is 11.2. The van der Waals surface area contributed by atoms with Gasteiger partial charge in [-0.3, -0.25) is 4.79 Å². The summed E-state index contributed by atoms with van der Waals surface area (Å²) in [5.74, 6) is 0.128. The van der Waals surface area contributed by atoms with E-state index in [1.165, 1.54) is 12.8 Å². The molecule has 0 unspecified atom stereocenters. The maximum absolute atomic E-state index is 11.4. The second-order valence-electron chi connectivity index (χ2n) is 4.06. The summed E-state index contributed by atoms with van der Waals surface area (Å²) < 4.78 is 0. The first-order valence-corrected chi connectivity index (χ1v) is 6.66. The van der Waals surface area contributed by atoms with Crippen LogP contribution in [0.15, 0.2) is 10.9 Å². The number of amides is 1. The number of hydrogen-bond acceptors (Lipinski definition) is 4. The molecule has 2 rings (SSSR count). The fraction of sp³-hybridized carbons (Fsp3) is 0.636. The van der Waals surface area contributed by atoms with Crippen LogP contribution in [0.5, 0.6) is 0 Å². The molecule has 1 aliphatic rings. The van der Waals surface area contributed by atoms with Crippen LogP contribution in [0.2, 0.25) is 0 Å². The highest BCUT2D eigenvalue weighted by molar-refractivity contribution is 7.07. The van der Waals surface area contributed by atoms with Gasteiger partial charge in [-0.15, -0.1) is 11.3 Å². The van der Waals surface area contributed by atoms with Gasteiger partial charge in [-0.25, -0.2) is 4.98 Å². The van der Waals surface area contributed by atoms with Crippen LogP contribution in [0.1, 0.15) is 25.0 Å². The Balaban J connectivity index is 1.49. The van der Waals surface area contributed by atoms with E-state index in [1.54, 1.807) is 11.3 Å². The van der Waals surface area contributed by atoms with Gasteiger partial charge in [-0.05, 0) is 12.8 Å². The zero-order valence-electron chi connectivity index (χ0n) is 9.24. The largest absolute Gasteiger partial charge is 0.356 e.